The number of ether oxygens (including phenoxy) is 1. The molecule has 1 aromatic heterocycles. The quantitative estimate of drug-likeness (QED) is 0.240. The Morgan fingerprint density at radius 3 is 2.66 bits per heavy atom. The van der Waals surface area contributed by atoms with E-state index in [-0.39, 0.29) is 24.1 Å². The van der Waals surface area contributed by atoms with Crippen molar-refractivity contribution in [1.82, 2.24) is 9.55 Å². The number of aryl methyl sites for hydroxylation is 2. The van der Waals surface area contributed by atoms with E-state index >= 15 is 0 Å². The molecular formula is C30H37FN2O2. The molecule has 1 heterocycles. The summed E-state index contributed by atoms with van der Waals surface area (Å²) >= 11 is 0. The highest BCUT2D eigenvalue weighted by molar-refractivity contribution is 5.73. The van der Waals surface area contributed by atoms with E-state index in [1.165, 1.54) is 44.2 Å². The molecule has 0 spiro atoms. The second-order valence-corrected chi connectivity index (χ2v) is 10.1. The van der Waals surface area contributed by atoms with Crippen LogP contribution in [0.15, 0.2) is 48.8 Å². The Balaban J connectivity index is 1.42. The maximum Gasteiger partial charge on any atom is 0.311 e. The van der Waals surface area contributed by atoms with E-state index in [1.807, 2.05) is 44.4 Å². The molecule has 4 rings (SSSR count). The zero-order valence-corrected chi connectivity index (χ0v) is 21.2. The molecule has 1 aliphatic carbocycles. The summed E-state index contributed by atoms with van der Waals surface area (Å²) in [4.78, 5) is 17.5. The van der Waals surface area contributed by atoms with E-state index in [9.17, 15) is 9.18 Å². The monoisotopic (exact) mass is 476 g/mol. The van der Waals surface area contributed by atoms with Gasteiger partial charge in [-0.2, -0.15) is 0 Å². The molecule has 186 valence electrons. The number of imidazole rings is 1. The Hall–Kier alpha value is -2.95. The van der Waals surface area contributed by atoms with E-state index in [1.54, 1.807) is 6.07 Å². The van der Waals surface area contributed by atoms with Crippen molar-refractivity contribution in [3.8, 4) is 5.75 Å². The van der Waals surface area contributed by atoms with Gasteiger partial charge in [0.25, 0.3) is 0 Å². The maximum atomic E-state index is 13.5. The summed E-state index contributed by atoms with van der Waals surface area (Å²) in [6.07, 6.45) is 12.6. The first-order valence-electron chi connectivity index (χ1n) is 13.0. The lowest BCUT2D eigenvalue weighted by Gasteiger charge is -2.21. The second-order valence-electron chi connectivity index (χ2n) is 10.1. The van der Waals surface area contributed by atoms with Gasteiger partial charge in [-0.05, 0) is 78.6 Å². The lowest BCUT2D eigenvalue weighted by Crippen LogP contribution is -2.15. The van der Waals surface area contributed by atoms with Crippen LogP contribution in [0.1, 0.15) is 85.9 Å². The normalized spacial score (nSPS) is 15.2. The van der Waals surface area contributed by atoms with Crippen LogP contribution in [0.25, 0.3) is 0 Å². The first kappa shape index (κ1) is 25.2. The Kier molecular flexibility index (Phi) is 8.37. The minimum absolute atomic E-state index is 0.00122. The van der Waals surface area contributed by atoms with Crippen molar-refractivity contribution in [3.63, 3.8) is 0 Å². The number of benzene rings is 2. The largest absolute Gasteiger partial charge is 0.427 e. The van der Waals surface area contributed by atoms with Crippen LogP contribution in [-0.4, -0.2) is 15.5 Å². The predicted octanol–water partition coefficient (Wildman–Crippen LogP) is 7.30. The lowest BCUT2D eigenvalue weighted by molar-refractivity contribution is -0.134. The number of carbonyl (C=O) groups excluding carboxylic acids is 1. The van der Waals surface area contributed by atoms with Gasteiger partial charge in [0, 0.05) is 25.4 Å². The number of rotatable bonds is 9. The van der Waals surface area contributed by atoms with E-state index < -0.39 is 0 Å². The fraction of sp³-hybridized carbons (Fsp3) is 0.467. The van der Waals surface area contributed by atoms with Crippen molar-refractivity contribution in [2.75, 3.05) is 0 Å². The van der Waals surface area contributed by atoms with Crippen LogP contribution in [0.5, 0.6) is 5.75 Å². The summed E-state index contributed by atoms with van der Waals surface area (Å²) in [6, 6.07) is 10.6. The van der Waals surface area contributed by atoms with Crippen LogP contribution in [0.2, 0.25) is 0 Å². The first-order chi connectivity index (χ1) is 16.9. The van der Waals surface area contributed by atoms with Crippen molar-refractivity contribution in [3.05, 3.63) is 82.7 Å². The van der Waals surface area contributed by atoms with Gasteiger partial charge in [-0.3, -0.25) is 4.79 Å². The molecule has 0 aliphatic heterocycles. The predicted molar refractivity (Wildman–Crippen MR) is 137 cm³/mol. The molecule has 0 N–H and O–H groups in total. The fourth-order valence-electron chi connectivity index (χ4n) is 5.33. The van der Waals surface area contributed by atoms with Gasteiger partial charge in [0.05, 0.1) is 6.42 Å². The molecule has 4 nitrogen and oxygen atoms in total. The van der Waals surface area contributed by atoms with Crippen molar-refractivity contribution in [2.45, 2.75) is 84.6 Å². The van der Waals surface area contributed by atoms with E-state index in [0.717, 1.165) is 46.8 Å². The molecule has 3 aromatic rings. The highest BCUT2D eigenvalue weighted by atomic mass is 19.1. The number of hydrogen-bond acceptors (Lipinski definition) is 3. The van der Waals surface area contributed by atoms with Gasteiger partial charge < -0.3 is 9.30 Å². The molecular weight excluding hydrogens is 439 g/mol. The topological polar surface area (TPSA) is 44.1 Å². The minimum Gasteiger partial charge on any atom is -0.427 e. The summed E-state index contributed by atoms with van der Waals surface area (Å²) in [6.45, 7) is 6.73. The summed E-state index contributed by atoms with van der Waals surface area (Å²) in [5.74, 6) is 1.91. The lowest BCUT2D eigenvalue weighted by atomic mass is 9.87. The molecule has 1 unspecified atom stereocenters. The van der Waals surface area contributed by atoms with Gasteiger partial charge in [-0.25, -0.2) is 9.37 Å². The van der Waals surface area contributed by atoms with Crippen molar-refractivity contribution < 1.29 is 13.9 Å². The molecule has 0 saturated heterocycles. The third-order valence-electron chi connectivity index (χ3n) is 7.47. The maximum absolute atomic E-state index is 13.5. The molecule has 1 aliphatic rings. The Labute approximate surface area is 208 Å². The highest BCUT2D eigenvalue weighted by Crippen LogP contribution is 2.29. The fourth-order valence-corrected chi connectivity index (χ4v) is 5.33. The highest BCUT2D eigenvalue weighted by Gasteiger charge is 2.19. The summed E-state index contributed by atoms with van der Waals surface area (Å²) in [5.41, 5.74) is 4.16. The van der Waals surface area contributed by atoms with Crippen molar-refractivity contribution >= 4 is 5.97 Å². The van der Waals surface area contributed by atoms with Crippen LogP contribution < -0.4 is 4.74 Å². The number of nitrogens with zero attached hydrogens (tertiary/aromatic N) is 2. The standard InChI is InChI=1S/C30H37FN2O2/c1-4-24(28-13-11-26(31)16-22(28)3)19-30(34)35-27-12-10-21(2)25(18-27)20-33-15-14-32-29(33)17-23-8-6-5-7-9-23/h10-16,18,23-24H,4-9,17,19-20H2,1-3H3. The van der Waals surface area contributed by atoms with Crippen LogP contribution in [0.4, 0.5) is 4.39 Å². The third-order valence-corrected chi connectivity index (χ3v) is 7.47. The molecule has 0 bridgehead atoms. The smallest absolute Gasteiger partial charge is 0.311 e. The summed E-state index contributed by atoms with van der Waals surface area (Å²) in [5, 5.41) is 0. The van der Waals surface area contributed by atoms with Gasteiger partial charge in [-0.1, -0.05) is 51.2 Å². The molecule has 1 atom stereocenters. The van der Waals surface area contributed by atoms with Gasteiger partial charge in [0.1, 0.15) is 17.4 Å². The first-order valence-corrected chi connectivity index (χ1v) is 13.0. The Morgan fingerprint density at radius 2 is 1.91 bits per heavy atom. The molecule has 5 heteroatoms. The van der Waals surface area contributed by atoms with Crippen LogP contribution in [0, 0.1) is 25.6 Å². The number of aromatic nitrogens is 2. The van der Waals surface area contributed by atoms with Crippen LogP contribution in [-0.2, 0) is 17.8 Å². The molecule has 1 fully saturated rings. The SMILES string of the molecule is CCC(CC(=O)Oc1ccc(C)c(Cn2ccnc2CC2CCCCC2)c1)c1ccc(F)cc1C. The number of hydrogen-bond donors (Lipinski definition) is 0. The summed E-state index contributed by atoms with van der Waals surface area (Å²) in [7, 11) is 0. The summed E-state index contributed by atoms with van der Waals surface area (Å²) < 4.78 is 21.5. The van der Waals surface area contributed by atoms with Crippen molar-refractivity contribution in [2.24, 2.45) is 5.92 Å². The number of esters is 1. The average Bonchev–Trinajstić information content (AvgIpc) is 3.27. The average molecular weight is 477 g/mol. The van der Waals surface area contributed by atoms with Gasteiger partial charge in [0.2, 0.25) is 0 Å². The number of halogens is 1. The molecule has 2 aromatic carbocycles. The molecule has 0 amide bonds. The zero-order valence-electron chi connectivity index (χ0n) is 21.2. The van der Waals surface area contributed by atoms with Crippen molar-refractivity contribution in [1.29, 1.82) is 0 Å². The second kappa shape index (κ2) is 11.7. The Morgan fingerprint density at radius 1 is 1.11 bits per heavy atom. The molecule has 0 radical (unpaired) electrons. The van der Waals surface area contributed by atoms with Crippen LogP contribution >= 0.6 is 0 Å². The minimum atomic E-state index is -0.268. The van der Waals surface area contributed by atoms with Crippen LogP contribution in [0.3, 0.4) is 0 Å². The zero-order chi connectivity index (χ0) is 24.8. The number of carbonyl (C=O) groups is 1. The van der Waals surface area contributed by atoms with Gasteiger partial charge >= 0.3 is 5.97 Å². The van der Waals surface area contributed by atoms with Gasteiger partial charge in [0.15, 0.2) is 0 Å². The third kappa shape index (κ3) is 6.59. The molecule has 35 heavy (non-hydrogen) atoms. The van der Waals surface area contributed by atoms with E-state index in [4.69, 9.17) is 4.74 Å². The van der Waals surface area contributed by atoms with E-state index in [2.05, 4.69) is 16.5 Å². The molecule has 1 saturated carbocycles. The van der Waals surface area contributed by atoms with E-state index in [0.29, 0.717) is 12.3 Å². The Bertz CT molecular complexity index is 1150. The van der Waals surface area contributed by atoms with Gasteiger partial charge in [-0.15, -0.1) is 0 Å².